The number of nitrogens with zero attached hydrogens (tertiary/aromatic N) is 2. The van der Waals surface area contributed by atoms with Crippen LogP contribution >= 0.6 is 15.9 Å². The number of hydrogen-bond acceptors (Lipinski definition) is 4. The Morgan fingerprint density at radius 2 is 2.21 bits per heavy atom. The molecule has 0 atom stereocenters. The van der Waals surface area contributed by atoms with Gasteiger partial charge in [0.25, 0.3) is 0 Å². The molecule has 0 saturated heterocycles. The largest absolute Gasteiger partial charge is 0.265 e. The molecular formula is C7H6BrN3O2S. The lowest BCUT2D eigenvalue weighted by molar-refractivity contribution is 0.598. The minimum absolute atomic E-state index is 0.0984. The maximum atomic E-state index is 11.3. The maximum absolute atomic E-state index is 11.3. The Bertz CT molecular complexity index is 590. The van der Waals surface area contributed by atoms with E-state index in [2.05, 4.69) is 31.1 Å². The Balaban J connectivity index is 2.87. The van der Waals surface area contributed by atoms with Crippen LogP contribution in [-0.4, -0.2) is 29.9 Å². The van der Waals surface area contributed by atoms with Gasteiger partial charge in [-0.2, -0.15) is 5.10 Å². The third-order valence-electron chi connectivity index (χ3n) is 1.71. The van der Waals surface area contributed by atoms with Gasteiger partial charge in [-0.3, -0.25) is 5.10 Å². The molecule has 0 fully saturated rings. The standard InChI is InChI=1S/C7H6BrN3O2S/c1-14(12,13)7-5-2-4(8)3-9-6(5)10-11-7/h2-3H,1H3,(H,9,10,11). The highest BCUT2D eigenvalue weighted by atomic mass is 79.9. The Kier molecular flexibility index (Phi) is 2.07. The van der Waals surface area contributed by atoms with Gasteiger partial charge in [-0.15, -0.1) is 0 Å². The minimum atomic E-state index is -3.28. The molecule has 1 N–H and O–H groups in total. The zero-order valence-electron chi connectivity index (χ0n) is 7.15. The minimum Gasteiger partial charge on any atom is -0.265 e. The van der Waals surface area contributed by atoms with Crippen LogP contribution in [0.15, 0.2) is 21.8 Å². The molecule has 0 aliphatic rings. The van der Waals surface area contributed by atoms with Gasteiger partial charge in [-0.1, -0.05) is 0 Å². The van der Waals surface area contributed by atoms with Crippen molar-refractivity contribution in [3.05, 3.63) is 16.7 Å². The van der Waals surface area contributed by atoms with Crippen LogP contribution in [0.2, 0.25) is 0 Å². The van der Waals surface area contributed by atoms with Gasteiger partial charge >= 0.3 is 0 Å². The highest BCUT2D eigenvalue weighted by Crippen LogP contribution is 2.21. The summed E-state index contributed by atoms with van der Waals surface area (Å²) in [6.45, 7) is 0. The molecule has 74 valence electrons. The van der Waals surface area contributed by atoms with Crippen LogP contribution in [0.25, 0.3) is 11.0 Å². The second-order valence-corrected chi connectivity index (χ2v) is 5.72. The normalized spacial score (nSPS) is 12.1. The number of hydrogen-bond donors (Lipinski definition) is 1. The summed E-state index contributed by atoms with van der Waals surface area (Å²) in [5.41, 5.74) is 0.397. The van der Waals surface area contributed by atoms with Crippen molar-refractivity contribution in [2.75, 3.05) is 6.26 Å². The van der Waals surface area contributed by atoms with E-state index in [-0.39, 0.29) is 5.03 Å². The number of rotatable bonds is 1. The first-order valence-corrected chi connectivity index (χ1v) is 6.36. The molecule has 2 aromatic rings. The number of H-pyrrole nitrogens is 1. The first kappa shape index (κ1) is 9.60. The molecule has 0 spiro atoms. The lowest BCUT2D eigenvalue weighted by atomic mass is 10.4. The van der Waals surface area contributed by atoms with Gasteiger partial charge in [-0.05, 0) is 22.0 Å². The van der Waals surface area contributed by atoms with Gasteiger partial charge in [0, 0.05) is 16.9 Å². The highest BCUT2D eigenvalue weighted by Gasteiger charge is 2.15. The molecule has 2 rings (SSSR count). The number of aromatic nitrogens is 3. The van der Waals surface area contributed by atoms with E-state index >= 15 is 0 Å². The van der Waals surface area contributed by atoms with Crippen LogP contribution in [0.1, 0.15) is 0 Å². The summed E-state index contributed by atoms with van der Waals surface area (Å²) in [6.07, 6.45) is 2.69. The number of sulfone groups is 1. The predicted octanol–water partition coefficient (Wildman–Crippen LogP) is 1.12. The van der Waals surface area contributed by atoms with Crippen molar-refractivity contribution in [1.29, 1.82) is 0 Å². The van der Waals surface area contributed by atoms with Crippen molar-refractivity contribution in [2.24, 2.45) is 0 Å². The van der Waals surface area contributed by atoms with E-state index in [1.165, 1.54) is 0 Å². The van der Waals surface area contributed by atoms with E-state index in [1.807, 2.05) is 0 Å². The molecule has 0 aromatic carbocycles. The van der Waals surface area contributed by atoms with Crippen molar-refractivity contribution in [3.8, 4) is 0 Å². The van der Waals surface area contributed by atoms with E-state index in [4.69, 9.17) is 0 Å². The summed E-state index contributed by atoms with van der Waals surface area (Å²) >= 11 is 3.22. The van der Waals surface area contributed by atoms with Crippen LogP contribution in [0.3, 0.4) is 0 Å². The van der Waals surface area contributed by atoms with E-state index in [0.717, 1.165) is 10.7 Å². The molecule has 0 unspecified atom stereocenters. The molecule has 0 bridgehead atoms. The topological polar surface area (TPSA) is 75.7 Å². The number of pyridine rings is 1. The molecule has 0 radical (unpaired) electrons. The maximum Gasteiger partial charge on any atom is 0.192 e. The Morgan fingerprint density at radius 3 is 2.86 bits per heavy atom. The quantitative estimate of drug-likeness (QED) is 0.847. The van der Waals surface area contributed by atoms with Crippen LogP contribution in [0, 0.1) is 0 Å². The zero-order valence-corrected chi connectivity index (χ0v) is 9.55. The fourth-order valence-electron chi connectivity index (χ4n) is 1.13. The average molecular weight is 276 g/mol. The molecule has 14 heavy (non-hydrogen) atoms. The van der Waals surface area contributed by atoms with Crippen molar-refractivity contribution in [1.82, 2.24) is 15.2 Å². The van der Waals surface area contributed by atoms with E-state index in [1.54, 1.807) is 12.3 Å². The molecular weight excluding hydrogens is 270 g/mol. The Labute approximate surface area is 88.6 Å². The summed E-state index contributed by atoms with van der Waals surface area (Å²) in [6, 6.07) is 1.67. The summed E-state index contributed by atoms with van der Waals surface area (Å²) in [4.78, 5) is 3.96. The molecule has 2 heterocycles. The van der Waals surface area contributed by atoms with Crippen molar-refractivity contribution in [3.63, 3.8) is 0 Å². The smallest absolute Gasteiger partial charge is 0.192 e. The monoisotopic (exact) mass is 275 g/mol. The number of aromatic amines is 1. The summed E-state index contributed by atoms with van der Waals surface area (Å²) < 4.78 is 23.3. The Morgan fingerprint density at radius 1 is 1.50 bits per heavy atom. The second kappa shape index (κ2) is 3.03. The van der Waals surface area contributed by atoms with Crippen molar-refractivity contribution >= 4 is 36.8 Å². The van der Waals surface area contributed by atoms with Gasteiger partial charge in [0.1, 0.15) is 0 Å². The van der Waals surface area contributed by atoms with E-state index in [0.29, 0.717) is 11.0 Å². The highest BCUT2D eigenvalue weighted by molar-refractivity contribution is 9.10. The van der Waals surface area contributed by atoms with Gasteiger partial charge in [0.05, 0.1) is 5.39 Å². The van der Waals surface area contributed by atoms with E-state index in [9.17, 15) is 8.42 Å². The molecule has 0 aliphatic carbocycles. The van der Waals surface area contributed by atoms with Gasteiger partial charge < -0.3 is 0 Å². The zero-order chi connectivity index (χ0) is 10.3. The summed E-state index contributed by atoms with van der Waals surface area (Å²) in [7, 11) is -3.28. The van der Waals surface area contributed by atoms with E-state index < -0.39 is 9.84 Å². The number of halogens is 1. The lowest BCUT2D eigenvalue weighted by Gasteiger charge is -1.93. The van der Waals surface area contributed by atoms with Crippen LogP contribution < -0.4 is 0 Å². The third-order valence-corrected chi connectivity index (χ3v) is 3.20. The lowest BCUT2D eigenvalue weighted by Crippen LogP contribution is -1.97. The average Bonchev–Trinajstić information content (AvgIpc) is 2.45. The van der Waals surface area contributed by atoms with Crippen LogP contribution in [0.4, 0.5) is 0 Å². The fourth-order valence-corrected chi connectivity index (χ4v) is 2.23. The molecule has 7 heteroatoms. The third kappa shape index (κ3) is 1.53. The molecule has 0 aliphatic heterocycles. The van der Waals surface area contributed by atoms with Gasteiger partial charge in [0.2, 0.25) is 0 Å². The first-order valence-electron chi connectivity index (χ1n) is 3.68. The fraction of sp³-hybridized carbons (Fsp3) is 0.143. The molecule has 0 amide bonds. The van der Waals surface area contributed by atoms with Gasteiger partial charge in [-0.25, -0.2) is 13.4 Å². The number of nitrogens with one attached hydrogen (secondary N) is 1. The summed E-state index contributed by atoms with van der Waals surface area (Å²) in [5.74, 6) is 0. The molecule has 0 saturated carbocycles. The van der Waals surface area contributed by atoms with Crippen molar-refractivity contribution < 1.29 is 8.42 Å². The summed E-state index contributed by atoms with van der Waals surface area (Å²) in [5, 5.41) is 6.85. The number of fused-ring (bicyclic) bond motifs is 1. The first-order chi connectivity index (χ1) is 6.48. The molecule has 2 aromatic heterocycles. The van der Waals surface area contributed by atoms with Crippen LogP contribution in [-0.2, 0) is 9.84 Å². The van der Waals surface area contributed by atoms with Gasteiger partial charge in [0.15, 0.2) is 20.5 Å². The SMILES string of the molecule is CS(=O)(=O)c1[nH]nc2ncc(Br)cc12. The van der Waals surface area contributed by atoms with Crippen molar-refractivity contribution in [2.45, 2.75) is 5.03 Å². The molecule has 5 nitrogen and oxygen atoms in total. The van der Waals surface area contributed by atoms with Crippen LogP contribution in [0.5, 0.6) is 0 Å². The second-order valence-electron chi connectivity index (χ2n) is 2.85. The predicted molar refractivity (Wildman–Crippen MR) is 54.7 cm³/mol. The Hall–Kier alpha value is -0.950.